The molecule has 1 aliphatic heterocycles. The first-order valence-electron chi connectivity index (χ1n) is 16.2. The van der Waals surface area contributed by atoms with E-state index in [2.05, 4.69) is 28.5 Å². The van der Waals surface area contributed by atoms with Crippen molar-refractivity contribution in [2.75, 3.05) is 6.54 Å². The van der Waals surface area contributed by atoms with Crippen LogP contribution in [-0.2, 0) is 29.1 Å². The summed E-state index contributed by atoms with van der Waals surface area (Å²) in [6.07, 6.45) is 7.67. The fourth-order valence-corrected chi connectivity index (χ4v) is 7.40. The number of hydrogen-bond donors (Lipinski definition) is 3. The van der Waals surface area contributed by atoms with Gasteiger partial charge in [-0.1, -0.05) is 55.3 Å². The predicted molar refractivity (Wildman–Crippen MR) is 175 cm³/mol. The van der Waals surface area contributed by atoms with Gasteiger partial charge in [0.2, 0.25) is 21.8 Å². The summed E-state index contributed by atoms with van der Waals surface area (Å²) in [5.41, 5.74) is -1.29. The molecule has 1 aromatic rings. The summed E-state index contributed by atoms with van der Waals surface area (Å²) < 4.78 is 32.8. The molecule has 4 rings (SSSR count). The van der Waals surface area contributed by atoms with Gasteiger partial charge in [0.15, 0.2) is 0 Å². The van der Waals surface area contributed by atoms with Crippen molar-refractivity contribution < 1.29 is 32.3 Å². The summed E-state index contributed by atoms with van der Waals surface area (Å²) in [5, 5.41) is 4.96. The first-order valence-corrected chi connectivity index (χ1v) is 17.7. The Hall–Kier alpha value is -3.67. The van der Waals surface area contributed by atoms with Crippen molar-refractivity contribution in [2.45, 2.75) is 113 Å². The Morgan fingerprint density at radius 2 is 1.78 bits per heavy atom. The third-order valence-electron chi connectivity index (χ3n) is 8.80. The van der Waals surface area contributed by atoms with Crippen LogP contribution in [-0.4, -0.2) is 72.2 Å². The van der Waals surface area contributed by atoms with E-state index in [1.807, 2.05) is 36.4 Å². The van der Waals surface area contributed by atoms with Gasteiger partial charge in [-0.05, 0) is 71.3 Å². The number of alkyl carbamates (subject to hydrolysis) is 1. The topological polar surface area (TPSA) is 151 Å². The second-order valence-electron chi connectivity index (χ2n) is 13.7. The summed E-state index contributed by atoms with van der Waals surface area (Å²) >= 11 is 0. The Kier molecular flexibility index (Phi) is 11.0. The molecule has 2 aliphatic carbocycles. The van der Waals surface area contributed by atoms with E-state index in [1.54, 1.807) is 20.8 Å². The van der Waals surface area contributed by atoms with Crippen LogP contribution < -0.4 is 15.4 Å². The van der Waals surface area contributed by atoms with Crippen LogP contribution in [0, 0.1) is 5.92 Å². The van der Waals surface area contributed by atoms with Gasteiger partial charge < -0.3 is 20.3 Å². The van der Waals surface area contributed by atoms with Crippen LogP contribution in [0.2, 0.25) is 0 Å². The van der Waals surface area contributed by atoms with Crippen LogP contribution >= 0.6 is 0 Å². The highest BCUT2D eigenvalue weighted by Gasteiger charge is 2.62. The van der Waals surface area contributed by atoms with Gasteiger partial charge in [0.25, 0.3) is 5.91 Å². The molecule has 3 aliphatic rings. The maximum absolute atomic E-state index is 14.2. The minimum atomic E-state index is -3.84. The van der Waals surface area contributed by atoms with Crippen molar-refractivity contribution in [2.24, 2.45) is 5.92 Å². The highest BCUT2D eigenvalue weighted by atomic mass is 32.2. The SMILES string of the molecule is C=CCCCCC[C@H](NC(=O)OC(C)(C)C)C(=O)N1C[C@H](c2ccccc2)C[C@H]1C(=O)N[C@@]1(C(=O)NS(=O)(=O)C2CC2)C[C@H]1C=C. The maximum Gasteiger partial charge on any atom is 0.408 e. The number of carbonyl (C=O) groups is 4. The van der Waals surface area contributed by atoms with Gasteiger partial charge in [-0.2, -0.15) is 0 Å². The summed E-state index contributed by atoms with van der Waals surface area (Å²) in [6.45, 7) is 12.9. The van der Waals surface area contributed by atoms with E-state index < -0.39 is 68.2 Å². The molecule has 12 heteroatoms. The van der Waals surface area contributed by atoms with Crippen LogP contribution in [0.25, 0.3) is 0 Å². The fraction of sp³-hybridized carbons (Fsp3) is 0.588. The zero-order chi connectivity index (χ0) is 33.7. The maximum atomic E-state index is 14.2. The number of likely N-dealkylation sites (tertiary alicyclic amines) is 1. The molecule has 2 saturated carbocycles. The lowest BCUT2D eigenvalue weighted by atomic mass is 9.96. The van der Waals surface area contributed by atoms with E-state index in [-0.39, 0.29) is 25.3 Å². The highest BCUT2D eigenvalue weighted by Crippen LogP contribution is 2.46. The molecule has 0 radical (unpaired) electrons. The van der Waals surface area contributed by atoms with Crippen LogP contribution in [0.5, 0.6) is 0 Å². The lowest BCUT2D eigenvalue weighted by Crippen LogP contribution is -2.58. The fourth-order valence-electron chi connectivity index (χ4n) is 6.04. The quantitative estimate of drug-likeness (QED) is 0.190. The molecule has 4 amide bonds. The molecule has 46 heavy (non-hydrogen) atoms. The highest BCUT2D eigenvalue weighted by molar-refractivity contribution is 7.91. The number of sulfonamides is 1. The normalized spacial score (nSPS) is 24.8. The van der Waals surface area contributed by atoms with Crippen molar-refractivity contribution in [3.05, 3.63) is 61.2 Å². The third kappa shape index (κ3) is 8.77. The molecule has 0 unspecified atom stereocenters. The molecule has 3 fully saturated rings. The zero-order valence-electron chi connectivity index (χ0n) is 27.1. The van der Waals surface area contributed by atoms with Gasteiger partial charge in [0.05, 0.1) is 5.25 Å². The molecule has 0 spiro atoms. The number of carbonyl (C=O) groups excluding carboxylic acids is 4. The van der Waals surface area contributed by atoms with E-state index in [0.29, 0.717) is 25.7 Å². The Labute approximate surface area is 272 Å². The van der Waals surface area contributed by atoms with Gasteiger partial charge in [-0.25, -0.2) is 13.2 Å². The van der Waals surface area contributed by atoms with Gasteiger partial charge >= 0.3 is 6.09 Å². The largest absolute Gasteiger partial charge is 0.444 e. The molecular weight excluding hydrogens is 608 g/mol. The molecule has 11 nitrogen and oxygen atoms in total. The monoisotopic (exact) mass is 656 g/mol. The Balaban J connectivity index is 1.58. The molecular formula is C34H48N4O7S. The average molecular weight is 657 g/mol. The Morgan fingerprint density at radius 3 is 2.37 bits per heavy atom. The minimum absolute atomic E-state index is 0.176. The van der Waals surface area contributed by atoms with Gasteiger partial charge in [-0.3, -0.25) is 19.1 Å². The minimum Gasteiger partial charge on any atom is -0.444 e. The average Bonchev–Trinajstić information content (AvgIpc) is 3.92. The molecule has 1 saturated heterocycles. The predicted octanol–water partition coefficient (Wildman–Crippen LogP) is 4.07. The molecule has 3 N–H and O–H groups in total. The van der Waals surface area contributed by atoms with Crippen molar-refractivity contribution in [3.8, 4) is 0 Å². The molecule has 252 valence electrons. The number of benzene rings is 1. The van der Waals surface area contributed by atoms with E-state index >= 15 is 0 Å². The Morgan fingerprint density at radius 1 is 1.09 bits per heavy atom. The molecule has 5 atom stereocenters. The molecule has 0 bridgehead atoms. The van der Waals surface area contributed by atoms with Crippen molar-refractivity contribution in [1.29, 1.82) is 0 Å². The van der Waals surface area contributed by atoms with Crippen LogP contribution in [0.3, 0.4) is 0 Å². The van der Waals surface area contributed by atoms with Crippen LogP contribution in [0.1, 0.15) is 90.0 Å². The second kappa shape index (κ2) is 14.4. The van der Waals surface area contributed by atoms with Crippen LogP contribution in [0.15, 0.2) is 55.6 Å². The molecule has 0 aromatic heterocycles. The summed E-state index contributed by atoms with van der Waals surface area (Å²) in [6, 6.07) is 7.65. The number of nitrogens with one attached hydrogen (secondary N) is 3. The molecule has 1 heterocycles. The third-order valence-corrected chi connectivity index (χ3v) is 10.6. The number of rotatable bonds is 15. The van der Waals surface area contributed by atoms with E-state index in [1.165, 1.54) is 11.0 Å². The lowest BCUT2D eigenvalue weighted by Gasteiger charge is -2.30. The van der Waals surface area contributed by atoms with E-state index in [0.717, 1.165) is 24.8 Å². The first-order chi connectivity index (χ1) is 21.7. The van der Waals surface area contributed by atoms with Crippen LogP contribution in [0.4, 0.5) is 4.79 Å². The first kappa shape index (κ1) is 35.2. The number of amides is 4. The van der Waals surface area contributed by atoms with E-state index in [4.69, 9.17) is 4.74 Å². The van der Waals surface area contributed by atoms with Crippen molar-refractivity contribution in [1.82, 2.24) is 20.3 Å². The summed E-state index contributed by atoms with van der Waals surface area (Å²) in [5.74, 6) is -2.41. The number of unbranched alkanes of at least 4 members (excludes halogenated alkanes) is 3. The second-order valence-corrected chi connectivity index (χ2v) is 15.6. The van der Waals surface area contributed by atoms with Crippen molar-refractivity contribution in [3.63, 3.8) is 0 Å². The van der Waals surface area contributed by atoms with Gasteiger partial charge in [-0.15, -0.1) is 13.2 Å². The summed E-state index contributed by atoms with van der Waals surface area (Å²) in [7, 11) is -3.84. The van der Waals surface area contributed by atoms with Gasteiger partial charge in [0.1, 0.15) is 23.2 Å². The molecule has 1 aromatic carbocycles. The number of hydrogen-bond acceptors (Lipinski definition) is 7. The number of nitrogens with zero attached hydrogens (tertiary/aromatic N) is 1. The zero-order valence-corrected chi connectivity index (χ0v) is 27.9. The number of ether oxygens (including phenoxy) is 1. The number of allylic oxidation sites excluding steroid dienone is 1. The van der Waals surface area contributed by atoms with Gasteiger partial charge in [0, 0.05) is 18.4 Å². The Bertz CT molecular complexity index is 1420. The summed E-state index contributed by atoms with van der Waals surface area (Å²) in [4.78, 5) is 55.9. The van der Waals surface area contributed by atoms with Crippen molar-refractivity contribution >= 4 is 33.8 Å². The standard InChI is InChI=1S/C34H48N4O7S/c1-6-8-9-10-14-17-27(35-32(42)45-33(3,4)5)30(40)38-22-24(23-15-12-11-13-16-23)20-28(38)29(39)36-34(21-25(34)7-2)31(41)37-46(43,44)26-18-19-26/h6-7,11-13,15-16,24-28H,1-2,8-10,14,17-22H2,3-5H3,(H,35,42)(H,36,39)(H,37,41)/t24-,25-,27+,28+,34+/m1/s1. The van der Waals surface area contributed by atoms with E-state index in [9.17, 15) is 27.6 Å². The lowest BCUT2D eigenvalue weighted by molar-refractivity contribution is -0.141. The smallest absolute Gasteiger partial charge is 0.408 e.